The highest BCUT2D eigenvalue weighted by Crippen LogP contribution is 2.31. The highest BCUT2D eigenvalue weighted by atomic mass is 16.5. The van der Waals surface area contributed by atoms with E-state index in [-0.39, 0.29) is 12.1 Å². The molecule has 26 heavy (non-hydrogen) atoms. The van der Waals surface area contributed by atoms with E-state index in [4.69, 9.17) is 19.9 Å². The number of nitrogens with two attached hydrogens (primary N) is 1. The van der Waals surface area contributed by atoms with Crippen molar-refractivity contribution in [2.45, 2.75) is 25.5 Å². The largest absolute Gasteiger partial charge is 0.493 e. The number of nitrogens with one attached hydrogen (secondary N) is 1. The lowest BCUT2D eigenvalue weighted by Gasteiger charge is -2.27. The lowest BCUT2D eigenvalue weighted by Crippen LogP contribution is -2.38. The van der Waals surface area contributed by atoms with Crippen molar-refractivity contribution < 1.29 is 14.2 Å². The standard InChI is InChI=1S/C20H25N3O3/c1-14(26-19-10-6-5-9-18(19)24-2)13-22-20(21)23-16-11-12-25-17-8-4-3-7-15(16)17/h3-10,14,16H,11-13H2,1-2H3,(H3,21,22,23). The SMILES string of the molecule is COc1ccccc1OC(C)CN=C(N)NC1CCOc2ccccc21. The van der Waals surface area contributed by atoms with Gasteiger partial charge in [-0.25, -0.2) is 4.99 Å². The number of rotatable bonds is 6. The van der Waals surface area contributed by atoms with Crippen LogP contribution in [-0.2, 0) is 0 Å². The molecule has 0 spiro atoms. The Morgan fingerprint density at radius 1 is 1.23 bits per heavy atom. The maximum atomic E-state index is 6.08. The van der Waals surface area contributed by atoms with E-state index >= 15 is 0 Å². The van der Waals surface area contributed by atoms with Gasteiger partial charge >= 0.3 is 0 Å². The number of hydrogen-bond donors (Lipinski definition) is 2. The molecule has 2 aromatic carbocycles. The van der Waals surface area contributed by atoms with Crippen LogP contribution in [0.2, 0.25) is 0 Å². The molecule has 1 heterocycles. The first-order chi connectivity index (χ1) is 12.7. The second kappa shape index (κ2) is 8.47. The second-order valence-electron chi connectivity index (χ2n) is 6.18. The molecule has 0 bridgehead atoms. The first-order valence-corrected chi connectivity index (χ1v) is 8.75. The Balaban J connectivity index is 1.57. The van der Waals surface area contributed by atoms with E-state index in [0.29, 0.717) is 30.6 Å². The fourth-order valence-electron chi connectivity index (χ4n) is 2.91. The van der Waals surface area contributed by atoms with Gasteiger partial charge in [0.2, 0.25) is 0 Å². The van der Waals surface area contributed by atoms with E-state index < -0.39 is 0 Å². The summed E-state index contributed by atoms with van der Waals surface area (Å²) in [5.41, 5.74) is 7.18. The number of benzene rings is 2. The molecule has 2 aromatic rings. The van der Waals surface area contributed by atoms with Gasteiger partial charge in [0, 0.05) is 12.0 Å². The molecule has 6 nitrogen and oxygen atoms in total. The van der Waals surface area contributed by atoms with Crippen LogP contribution in [-0.4, -0.2) is 32.3 Å². The number of hydrogen-bond acceptors (Lipinski definition) is 4. The van der Waals surface area contributed by atoms with Crippen LogP contribution in [0.25, 0.3) is 0 Å². The smallest absolute Gasteiger partial charge is 0.189 e. The summed E-state index contributed by atoms with van der Waals surface area (Å²) >= 11 is 0. The topological polar surface area (TPSA) is 78.1 Å². The zero-order valence-corrected chi connectivity index (χ0v) is 15.1. The molecule has 0 fully saturated rings. The van der Waals surface area contributed by atoms with Crippen molar-refractivity contribution in [1.82, 2.24) is 5.32 Å². The summed E-state index contributed by atoms with van der Waals surface area (Å²) in [5.74, 6) is 2.70. The van der Waals surface area contributed by atoms with Crippen LogP contribution >= 0.6 is 0 Å². The monoisotopic (exact) mass is 355 g/mol. The zero-order valence-electron chi connectivity index (χ0n) is 15.1. The van der Waals surface area contributed by atoms with E-state index in [1.807, 2.05) is 55.5 Å². The van der Waals surface area contributed by atoms with Gasteiger partial charge in [-0.2, -0.15) is 0 Å². The van der Waals surface area contributed by atoms with Crippen LogP contribution in [0.3, 0.4) is 0 Å². The Morgan fingerprint density at radius 2 is 1.96 bits per heavy atom. The van der Waals surface area contributed by atoms with E-state index in [0.717, 1.165) is 17.7 Å². The number of para-hydroxylation sites is 3. The molecule has 0 radical (unpaired) electrons. The third-order valence-electron chi connectivity index (χ3n) is 4.20. The number of guanidine groups is 1. The number of fused-ring (bicyclic) bond motifs is 1. The van der Waals surface area contributed by atoms with E-state index in [1.165, 1.54) is 0 Å². The van der Waals surface area contributed by atoms with Crippen molar-refractivity contribution in [2.75, 3.05) is 20.3 Å². The molecule has 2 unspecified atom stereocenters. The fourth-order valence-corrected chi connectivity index (χ4v) is 2.91. The van der Waals surface area contributed by atoms with Crippen molar-refractivity contribution in [3.05, 3.63) is 54.1 Å². The normalized spacial score (nSPS) is 17.6. The first kappa shape index (κ1) is 17.9. The van der Waals surface area contributed by atoms with Gasteiger partial charge in [-0.1, -0.05) is 30.3 Å². The summed E-state index contributed by atoms with van der Waals surface area (Å²) in [5, 5.41) is 3.28. The van der Waals surface area contributed by atoms with Gasteiger partial charge in [-0.3, -0.25) is 0 Å². The highest BCUT2D eigenvalue weighted by molar-refractivity contribution is 5.78. The van der Waals surface area contributed by atoms with Crippen LogP contribution in [0.5, 0.6) is 17.2 Å². The minimum atomic E-state index is -0.131. The molecule has 0 aliphatic carbocycles. The van der Waals surface area contributed by atoms with Gasteiger partial charge in [-0.05, 0) is 25.1 Å². The molecule has 1 aliphatic heterocycles. The predicted molar refractivity (Wildman–Crippen MR) is 102 cm³/mol. The van der Waals surface area contributed by atoms with Gasteiger partial charge < -0.3 is 25.3 Å². The minimum Gasteiger partial charge on any atom is -0.493 e. The number of nitrogens with zero attached hydrogens (tertiary/aromatic N) is 1. The molecule has 1 aliphatic rings. The molecule has 6 heteroatoms. The summed E-state index contributed by atoms with van der Waals surface area (Å²) in [6.45, 7) is 3.06. The highest BCUT2D eigenvalue weighted by Gasteiger charge is 2.21. The minimum absolute atomic E-state index is 0.106. The van der Waals surface area contributed by atoms with Gasteiger partial charge in [0.1, 0.15) is 11.9 Å². The third-order valence-corrected chi connectivity index (χ3v) is 4.20. The van der Waals surface area contributed by atoms with Crippen LogP contribution in [0, 0.1) is 0 Å². The Kier molecular flexibility index (Phi) is 5.84. The average molecular weight is 355 g/mol. The number of ether oxygens (including phenoxy) is 3. The van der Waals surface area contributed by atoms with E-state index in [9.17, 15) is 0 Å². The van der Waals surface area contributed by atoms with E-state index in [1.54, 1.807) is 7.11 Å². The van der Waals surface area contributed by atoms with Gasteiger partial charge in [0.05, 0.1) is 26.3 Å². The van der Waals surface area contributed by atoms with Crippen molar-refractivity contribution in [1.29, 1.82) is 0 Å². The van der Waals surface area contributed by atoms with Crippen molar-refractivity contribution >= 4 is 5.96 Å². The molecule has 0 saturated heterocycles. The Labute approximate surface area is 154 Å². The fraction of sp³-hybridized carbons (Fsp3) is 0.350. The summed E-state index contributed by atoms with van der Waals surface area (Å²) in [7, 11) is 1.62. The van der Waals surface area contributed by atoms with Crippen LogP contribution in [0.4, 0.5) is 0 Å². The molecule has 0 saturated carbocycles. The van der Waals surface area contributed by atoms with Gasteiger partial charge in [-0.15, -0.1) is 0 Å². The molecule has 2 atom stereocenters. The van der Waals surface area contributed by atoms with Crippen LogP contribution < -0.4 is 25.3 Å². The van der Waals surface area contributed by atoms with Gasteiger partial charge in [0.25, 0.3) is 0 Å². The van der Waals surface area contributed by atoms with E-state index in [2.05, 4.69) is 10.3 Å². The Hall–Kier alpha value is -2.89. The summed E-state index contributed by atoms with van der Waals surface area (Å²) < 4.78 is 16.9. The molecule has 0 amide bonds. The Morgan fingerprint density at radius 3 is 2.77 bits per heavy atom. The molecule has 0 aromatic heterocycles. The Bertz CT molecular complexity index is 763. The molecule has 3 N–H and O–H groups in total. The van der Waals surface area contributed by atoms with Crippen molar-refractivity contribution in [3.8, 4) is 17.2 Å². The lowest BCUT2D eigenvalue weighted by atomic mass is 10.0. The molecular formula is C20H25N3O3. The average Bonchev–Trinajstić information content (AvgIpc) is 2.67. The maximum absolute atomic E-state index is 6.08. The second-order valence-corrected chi connectivity index (χ2v) is 6.18. The predicted octanol–water partition coefficient (Wildman–Crippen LogP) is 2.89. The number of aliphatic imine (C=N–C) groups is 1. The van der Waals surface area contributed by atoms with Gasteiger partial charge in [0.15, 0.2) is 17.5 Å². The summed E-state index contributed by atoms with van der Waals surface area (Å²) in [4.78, 5) is 4.42. The quantitative estimate of drug-likeness (QED) is 0.615. The zero-order chi connectivity index (χ0) is 18.4. The molecular weight excluding hydrogens is 330 g/mol. The van der Waals surface area contributed by atoms with Crippen LogP contribution in [0.15, 0.2) is 53.5 Å². The third kappa shape index (κ3) is 4.39. The first-order valence-electron chi connectivity index (χ1n) is 8.75. The lowest BCUT2D eigenvalue weighted by molar-refractivity contribution is 0.219. The van der Waals surface area contributed by atoms with Crippen LogP contribution in [0.1, 0.15) is 24.9 Å². The summed E-state index contributed by atoms with van der Waals surface area (Å²) in [6.07, 6.45) is 0.717. The van der Waals surface area contributed by atoms with Crippen molar-refractivity contribution in [2.24, 2.45) is 10.7 Å². The number of methoxy groups -OCH3 is 1. The maximum Gasteiger partial charge on any atom is 0.189 e. The summed E-state index contributed by atoms with van der Waals surface area (Å²) in [6, 6.07) is 15.6. The molecule has 138 valence electrons. The molecule has 3 rings (SSSR count). The van der Waals surface area contributed by atoms with Crippen molar-refractivity contribution in [3.63, 3.8) is 0 Å².